The second kappa shape index (κ2) is 8.43. The number of nitrogens with zero attached hydrogens (tertiary/aromatic N) is 2. The van der Waals surface area contributed by atoms with Gasteiger partial charge in [0.1, 0.15) is 5.75 Å². The zero-order valence-corrected chi connectivity index (χ0v) is 15.9. The predicted molar refractivity (Wildman–Crippen MR) is 106 cm³/mol. The van der Waals surface area contributed by atoms with E-state index < -0.39 is 6.10 Å². The van der Waals surface area contributed by atoms with Crippen LogP contribution in [0.1, 0.15) is 6.92 Å². The number of carbonyl (C=O) groups is 1. The minimum atomic E-state index is -0.646. The number of ether oxygens (including phenoxy) is 1. The number of amides is 1. The zero-order chi connectivity index (χ0) is 18.5. The summed E-state index contributed by atoms with van der Waals surface area (Å²) in [6.07, 6.45) is -0.646. The Kier molecular flexibility index (Phi) is 6.01. The lowest BCUT2D eigenvalue weighted by atomic mass is 10.2. The van der Waals surface area contributed by atoms with E-state index in [0.29, 0.717) is 10.8 Å². The summed E-state index contributed by atoms with van der Waals surface area (Å²) >= 11 is 6.07. The molecule has 0 saturated carbocycles. The molecule has 1 N–H and O–H groups in total. The summed E-state index contributed by atoms with van der Waals surface area (Å²) in [5.41, 5.74) is 1.93. The first-order chi connectivity index (χ1) is 12.5. The average molecular weight is 374 g/mol. The van der Waals surface area contributed by atoms with Crippen LogP contribution in [0.3, 0.4) is 0 Å². The first kappa shape index (κ1) is 18.5. The molecule has 1 unspecified atom stereocenters. The molecule has 2 aromatic rings. The highest BCUT2D eigenvalue weighted by atomic mass is 35.5. The zero-order valence-electron chi connectivity index (χ0n) is 15.1. The van der Waals surface area contributed by atoms with E-state index in [2.05, 4.69) is 22.2 Å². The Morgan fingerprint density at radius 3 is 2.38 bits per heavy atom. The third-order valence-electron chi connectivity index (χ3n) is 4.51. The standard InChI is InChI=1S/C20H24ClN3O2/c1-15(26-19-6-4-3-5-18(19)21)20(25)22-16-7-9-17(10-8-16)24-13-11-23(2)12-14-24/h3-10,15H,11-14H2,1-2H3,(H,22,25). The SMILES string of the molecule is CC(Oc1ccccc1Cl)C(=O)Nc1ccc(N2CCN(C)CC2)cc1. The molecule has 3 rings (SSSR count). The van der Waals surface area contributed by atoms with Gasteiger partial charge in [0.05, 0.1) is 5.02 Å². The molecule has 1 saturated heterocycles. The number of hydrogen-bond donors (Lipinski definition) is 1. The summed E-state index contributed by atoms with van der Waals surface area (Å²) in [7, 11) is 2.14. The Morgan fingerprint density at radius 2 is 1.73 bits per heavy atom. The number of hydrogen-bond acceptors (Lipinski definition) is 4. The van der Waals surface area contributed by atoms with E-state index in [1.165, 1.54) is 5.69 Å². The van der Waals surface area contributed by atoms with Crippen molar-refractivity contribution in [2.75, 3.05) is 43.4 Å². The molecule has 26 heavy (non-hydrogen) atoms. The van der Waals surface area contributed by atoms with Crippen LogP contribution in [0, 0.1) is 0 Å². The predicted octanol–water partition coefficient (Wildman–Crippen LogP) is 3.50. The molecule has 0 spiro atoms. The molecule has 1 amide bonds. The fourth-order valence-corrected chi connectivity index (χ4v) is 3.03. The van der Waals surface area contributed by atoms with Gasteiger partial charge in [-0.1, -0.05) is 23.7 Å². The monoisotopic (exact) mass is 373 g/mol. The maximum atomic E-state index is 12.4. The van der Waals surface area contributed by atoms with Crippen LogP contribution in [0.2, 0.25) is 5.02 Å². The van der Waals surface area contributed by atoms with Gasteiger partial charge >= 0.3 is 0 Å². The molecular weight excluding hydrogens is 350 g/mol. The molecule has 0 aromatic heterocycles. The molecule has 6 heteroatoms. The van der Waals surface area contributed by atoms with Crippen LogP contribution in [0.5, 0.6) is 5.75 Å². The van der Waals surface area contributed by atoms with Crippen LogP contribution in [-0.2, 0) is 4.79 Å². The number of benzene rings is 2. The minimum Gasteiger partial charge on any atom is -0.479 e. The van der Waals surface area contributed by atoms with E-state index in [-0.39, 0.29) is 5.91 Å². The van der Waals surface area contributed by atoms with Gasteiger partial charge < -0.3 is 19.9 Å². The average Bonchev–Trinajstić information content (AvgIpc) is 2.65. The van der Waals surface area contributed by atoms with Crippen molar-refractivity contribution in [3.05, 3.63) is 53.6 Å². The lowest BCUT2D eigenvalue weighted by Crippen LogP contribution is -2.44. The van der Waals surface area contributed by atoms with Crippen LogP contribution in [0.15, 0.2) is 48.5 Å². The van der Waals surface area contributed by atoms with Gasteiger partial charge in [-0.3, -0.25) is 4.79 Å². The van der Waals surface area contributed by atoms with Crippen LogP contribution < -0.4 is 15.0 Å². The van der Waals surface area contributed by atoms with E-state index in [9.17, 15) is 4.79 Å². The summed E-state index contributed by atoms with van der Waals surface area (Å²) in [4.78, 5) is 17.0. The second-order valence-electron chi connectivity index (χ2n) is 6.52. The van der Waals surface area contributed by atoms with Gasteiger partial charge in [0.15, 0.2) is 6.10 Å². The van der Waals surface area contributed by atoms with Gasteiger partial charge in [-0.25, -0.2) is 0 Å². The fourth-order valence-electron chi connectivity index (χ4n) is 2.85. The number of para-hydroxylation sites is 1. The van der Waals surface area contributed by atoms with Gasteiger partial charge in [0.2, 0.25) is 0 Å². The largest absolute Gasteiger partial charge is 0.479 e. The molecule has 0 radical (unpaired) electrons. The molecule has 1 fully saturated rings. The summed E-state index contributed by atoms with van der Waals surface area (Å²) in [5.74, 6) is 0.291. The Balaban J connectivity index is 1.56. The lowest BCUT2D eigenvalue weighted by Gasteiger charge is -2.34. The molecule has 1 aliphatic heterocycles. The maximum Gasteiger partial charge on any atom is 0.265 e. The van der Waals surface area contributed by atoms with E-state index in [1.807, 2.05) is 36.4 Å². The van der Waals surface area contributed by atoms with Crippen LogP contribution in [0.25, 0.3) is 0 Å². The third kappa shape index (κ3) is 4.68. The number of carbonyl (C=O) groups excluding carboxylic acids is 1. The van der Waals surface area contributed by atoms with Crippen molar-refractivity contribution in [1.82, 2.24) is 4.90 Å². The highest BCUT2D eigenvalue weighted by molar-refractivity contribution is 6.32. The Hall–Kier alpha value is -2.24. The van der Waals surface area contributed by atoms with Gasteiger partial charge in [-0.2, -0.15) is 0 Å². The van der Waals surface area contributed by atoms with Crippen molar-refractivity contribution in [1.29, 1.82) is 0 Å². The number of nitrogens with one attached hydrogen (secondary N) is 1. The number of halogens is 1. The van der Waals surface area contributed by atoms with Gasteiger partial charge in [-0.05, 0) is 50.4 Å². The lowest BCUT2D eigenvalue weighted by molar-refractivity contribution is -0.122. The molecule has 138 valence electrons. The number of piperazine rings is 1. The molecule has 0 bridgehead atoms. The van der Waals surface area contributed by atoms with Crippen molar-refractivity contribution < 1.29 is 9.53 Å². The summed E-state index contributed by atoms with van der Waals surface area (Å²) in [6.45, 7) is 5.87. The van der Waals surface area contributed by atoms with Crippen molar-refractivity contribution in [3.63, 3.8) is 0 Å². The molecular formula is C20H24ClN3O2. The minimum absolute atomic E-state index is 0.211. The van der Waals surface area contributed by atoms with E-state index >= 15 is 0 Å². The van der Waals surface area contributed by atoms with Gasteiger partial charge in [0, 0.05) is 37.6 Å². The van der Waals surface area contributed by atoms with E-state index in [1.54, 1.807) is 19.1 Å². The molecule has 2 aromatic carbocycles. The second-order valence-corrected chi connectivity index (χ2v) is 6.92. The molecule has 5 nitrogen and oxygen atoms in total. The topological polar surface area (TPSA) is 44.8 Å². The molecule has 0 aliphatic carbocycles. The fraction of sp³-hybridized carbons (Fsp3) is 0.350. The number of likely N-dealkylation sites (N-methyl/N-ethyl adjacent to an activating group) is 1. The highest BCUT2D eigenvalue weighted by Crippen LogP contribution is 2.25. The molecule has 1 atom stereocenters. The van der Waals surface area contributed by atoms with E-state index in [4.69, 9.17) is 16.3 Å². The Morgan fingerprint density at radius 1 is 1.08 bits per heavy atom. The van der Waals surface area contributed by atoms with Crippen molar-refractivity contribution in [3.8, 4) is 5.75 Å². The van der Waals surface area contributed by atoms with Crippen LogP contribution in [-0.4, -0.2) is 50.1 Å². The summed E-state index contributed by atoms with van der Waals surface area (Å²) in [6, 6.07) is 15.1. The smallest absolute Gasteiger partial charge is 0.265 e. The summed E-state index contributed by atoms with van der Waals surface area (Å²) < 4.78 is 5.65. The summed E-state index contributed by atoms with van der Waals surface area (Å²) in [5, 5.41) is 3.37. The highest BCUT2D eigenvalue weighted by Gasteiger charge is 2.17. The maximum absolute atomic E-state index is 12.4. The number of rotatable bonds is 5. The first-order valence-electron chi connectivity index (χ1n) is 8.78. The normalized spacial score (nSPS) is 16.2. The quantitative estimate of drug-likeness (QED) is 0.871. The van der Waals surface area contributed by atoms with E-state index in [0.717, 1.165) is 31.9 Å². The van der Waals surface area contributed by atoms with Crippen LogP contribution in [0.4, 0.5) is 11.4 Å². The van der Waals surface area contributed by atoms with Crippen molar-refractivity contribution in [2.24, 2.45) is 0 Å². The Bertz CT molecular complexity index is 743. The first-order valence-corrected chi connectivity index (χ1v) is 9.16. The van der Waals surface area contributed by atoms with Crippen molar-refractivity contribution in [2.45, 2.75) is 13.0 Å². The third-order valence-corrected chi connectivity index (χ3v) is 4.83. The van der Waals surface area contributed by atoms with Crippen LogP contribution >= 0.6 is 11.6 Å². The molecule has 1 aliphatic rings. The Labute approximate surface area is 159 Å². The molecule has 1 heterocycles. The van der Waals surface area contributed by atoms with Gasteiger partial charge in [0.25, 0.3) is 5.91 Å². The number of anilines is 2. The van der Waals surface area contributed by atoms with Crippen molar-refractivity contribution >= 4 is 28.9 Å². The van der Waals surface area contributed by atoms with Gasteiger partial charge in [-0.15, -0.1) is 0 Å².